The normalized spacial score (nSPS) is 19.5. The third-order valence-corrected chi connectivity index (χ3v) is 7.41. The van der Waals surface area contributed by atoms with Crippen molar-refractivity contribution in [1.82, 2.24) is 9.62 Å². The molecule has 1 aliphatic heterocycles. The number of rotatable bonds is 7. The van der Waals surface area contributed by atoms with Crippen molar-refractivity contribution < 1.29 is 18.0 Å². The zero-order valence-electron chi connectivity index (χ0n) is 16.0. The number of hydrogen-bond acceptors (Lipinski definition) is 5. The Morgan fingerprint density at radius 1 is 1.14 bits per heavy atom. The lowest BCUT2D eigenvalue weighted by Crippen LogP contribution is -2.47. The van der Waals surface area contributed by atoms with E-state index in [1.165, 1.54) is 35.5 Å². The fourth-order valence-electron chi connectivity index (χ4n) is 3.54. The molecule has 1 saturated carbocycles. The molecule has 0 radical (unpaired) electrons. The number of nitrogens with zero attached hydrogens (tertiary/aromatic N) is 1. The van der Waals surface area contributed by atoms with Crippen molar-refractivity contribution >= 4 is 34.1 Å². The van der Waals surface area contributed by atoms with Gasteiger partial charge in [0, 0.05) is 37.2 Å². The number of benzene rings is 1. The van der Waals surface area contributed by atoms with Gasteiger partial charge >= 0.3 is 0 Å². The molecule has 2 fully saturated rings. The molecular formula is C19H28ClN3O4S. The molecule has 1 aromatic rings. The van der Waals surface area contributed by atoms with Crippen LogP contribution in [0.3, 0.4) is 0 Å². The Hall–Kier alpha value is -1.48. The lowest BCUT2D eigenvalue weighted by molar-refractivity contribution is -0.126. The van der Waals surface area contributed by atoms with Crippen molar-refractivity contribution in [3.05, 3.63) is 29.8 Å². The largest absolute Gasteiger partial charge is 0.352 e. The van der Waals surface area contributed by atoms with Crippen LogP contribution in [0.2, 0.25) is 0 Å². The SMILES string of the molecule is CC(=O)c1ccc(S(=O)(=O)N2CCC(C(=O)NC(CN)C3CC3)CC2)cc1.Cl. The Kier molecular flexibility index (Phi) is 7.61. The average Bonchev–Trinajstić information content (AvgIpc) is 3.51. The number of nitrogens with one attached hydrogen (secondary N) is 1. The third kappa shape index (κ3) is 5.11. The van der Waals surface area contributed by atoms with Gasteiger partial charge in [0.2, 0.25) is 15.9 Å². The summed E-state index contributed by atoms with van der Waals surface area (Å²) < 4.78 is 27.0. The molecule has 1 atom stereocenters. The molecule has 7 nitrogen and oxygen atoms in total. The van der Waals surface area contributed by atoms with E-state index in [0.717, 1.165) is 12.8 Å². The Balaban J connectivity index is 0.00000280. The monoisotopic (exact) mass is 429 g/mol. The minimum Gasteiger partial charge on any atom is -0.352 e. The smallest absolute Gasteiger partial charge is 0.243 e. The van der Waals surface area contributed by atoms with Crippen LogP contribution in [-0.2, 0) is 14.8 Å². The quantitative estimate of drug-likeness (QED) is 0.639. The number of hydrogen-bond donors (Lipinski definition) is 2. The summed E-state index contributed by atoms with van der Waals surface area (Å²) >= 11 is 0. The second kappa shape index (κ2) is 9.35. The average molecular weight is 430 g/mol. The van der Waals surface area contributed by atoms with Crippen molar-refractivity contribution in [2.45, 2.75) is 43.5 Å². The van der Waals surface area contributed by atoms with Gasteiger partial charge in [0.1, 0.15) is 0 Å². The molecule has 0 spiro atoms. The Labute approximate surface area is 172 Å². The summed E-state index contributed by atoms with van der Waals surface area (Å²) in [5.74, 6) is 0.203. The first-order valence-corrected chi connectivity index (χ1v) is 10.9. The van der Waals surface area contributed by atoms with Gasteiger partial charge in [0.05, 0.1) is 4.90 Å². The van der Waals surface area contributed by atoms with Crippen molar-refractivity contribution in [3.8, 4) is 0 Å². The summed E-state index contributed by atoms with van der Waals surface area (Å²) in [6.07, 6.45) is 3.22. The van der Waals surface area contributed by atoms with Gasteiger partial charge in [-0.05, 0) is 50.7 Å². The van der Waals surface area contributed by atoms with Crippen molar-refractivity contribution in [2.75, 3.05) is 19.6 Å². The number of halogens is 1. The van der Waals surface area contributed by atoms with Gasteiger partial charge in [-0.25, -0.2) is 8.42 Å². The van der Waals surface area contributed by atoms with Crippen LogP contribution in [-0.4, -0.2) is 50.1 Å². The molecule has 1 saturated heterocycles. The van der Waals surface area contributed by atoms with E-state index in [4.69, 9.17) is 5.73 Å². The molecule has 0 bridgehead atoms. The summed E-state index contributed by atoms with van der Waals surface area (Å²) in [5.41, 5.74) is 6.22. The molecule has 3 N–H and O–H groups in total. The number of amides is 1. The Morgan fingerprint density at radius 3 is 2.18 bits per heavy atom. The number of ketones is 1. The van der Waals surface area contributed by atoms with Gasteiger partial charge in [-0.3, -0.25) is 9.59 Å². The Morgan fingerprint density at radius 2 is 1.71 bits per heavy atom. The first kappa shape index (κ1) is 22.8. The predicted octanol–water partition coefficient (Wildman–Crippen LogP) is 1.57. The minimum atomic E-state index is -3.61. The second-order valence-electron chi connectivity index (χ2n) is 7.45. The van der Waals surface area contributed by atoms with Crippen LogP contribution in [0.4, 0.5) is 0 Å². The van der Waals surface area contributed by atoms with Crippen LogP contribution in [0.15, 0.2) is 29.2 Å². The van der Waals surface area contributed by atoms with Crippen LogP contribution >= 0.6 is 12.4 Å². The van der Waals surface area contributed by atoms with E-state index < -0.39 is 10.0 Å². The van der Waals surface area contributed by atoms with Crippen LogP contribution in [0, 0.1) is 11.8 Å². The molecule has 3 rings (SSSR count). The number of nitrogens with two attached hydrogens (primary N) is 1. The van der Waals surface area contributed by atoms with E-state index in [-0.39, 0.29) is 41.0 Å². The van der Waals surface area contributed by atoms with Gasteiger partial charge in [0.25, 0.3) is 0 Å². The van der Waals surface area contributed by atoms with Crippen LogP contribution < -0.4 is 11.1 Å². The maximum Gasteiger partial charge on any atom is 0.243 e. The van der Waals surface area contributed by atoms with Gasteiger partial charge < -0.3 is 11.1 Å². The summed E-state index contributed by atoms with van der Waals surface area (Å²) in [5, 5.41) is 3.04. The number of piperidine rings is 1. The summed E-state index contributed by atoms with van der Waals surface area (Å²) in [4.78, 5) is 24.0. The first-order valence-electron chi connectivity index (χ1n) is 9.44. The van der Waals surface area contributed by atoms with E-state index in [2.05, 4.69) is 5.32 Å². The maximum absolute atomic E-state index is 12.8. The molecule has 1 aromatic carbocycles. The number of sulfonamides is 1. The Bertz CT molecular complexity index is 801. The van der Waals surface area contributed by atoms with Gasteiger partial charge in [0.15, 0.2) is 5.78 Å². The molecular weight excluding hydrogens is 402 g/mol. The minimum absolute atomic E-state index is 0. The van der Waals surface area contributed by atoms with Crippen LogP contribution in [0.25, 0.3) is 0 Å². The predicted molar refractivity (Wildman–Crippen MR) is 109 cm³/mol. The lowest BCUT2D eigenvalue weighted by Gasteiger charge is -2.31. The van der Waals surface area contributed by atoms with Crippen molar-refractivity contribution in [1.29, 1.82) is 0 Å². The van der Waals surface area contributed by atoms with E-state index in [9.17, 15) is 18.0 Å². The third-order valence-electron chi connectivity index (χ3n) is 5.50. The van der Waals surface area contributed by atoms with E-state index in [1.54, 1.807) is 0 Å². The fourth-order valence-corrected chi connectivity index (χ4v) is 5.01. The van der Waals surface area contributed by atoms with Crippen LogP contribution in [0.1, 0.15) is 43.0 Å². The maximum atomic E-state index is 12.8. The lowest BCUT2D eigenvalue weighted by atomic mass is 9.96. The van der Waals surface area contributed by atoms with E-state index in [0.29, 0.717) is 44.0 Å². The molecule has 1 amide bonds. The second-order valence-corrected chi connectivity index (χ2v) is 9.39. The zero-order chi connectivity index (χ0) is 19.6. The molecule has 1 aliphatic carbocycles. The van der Waals surface area contributed by atoms with Crippen molar-refractivity contribution in [2.24, 2.45) is 17.6 Å². The topological polar surface area (TPSA) is 110 Å². The molecule has 0 aromatic heterocycles. The summed E-state index contributed by atoms with van der Waals surface area (Å²) in [6.45, 7) is 2.51. The standard InChI is InChI=1S/C19H27N3O4S.ClH/c1-13(23)14-4-6-17(7-5-14)27(25,26)22-10-8-16(9-11-22)19(24)21-18(12-20)15-2-3-15;/h4-7,15-16,18H,2-3,8-12,20H2,1H3,(H,21,24);1H. The molecule has 1 heterocycles. The molecule has 156 valence electrons. The molecule has 1 unspecified atom stereocenters. The van der Waals surface area contributed by atoms with Crippen molar-refractivity contribution in [3.63, 3.8) is 0 Å². The van der Waals surface area contributed by atoms with Gasteiger partial charge in [-0.1, -0.05) is 12.1 Å². The highest BCUT2D eigenvalue weighted by Crippen LogP contribution is 2.32. The highest BCUT2D eigenvalue weighted by atomic mass is 35.5. The van der Waals surface area contributed by atoms with Gasteiger partial charge in [-0.15, -0.1) is 12.4 Å². The number of Topliss-reactive ketones (excluding diaryl/α,β-unsaturated/α-hetero) is 1. The number of carbonyl (C=O) groups is 2. The molecule has 9 heteroatoms. The summed E-state index contributed by atoms with van der Waals surface area (Å²) in [6, 6.07) is 6.03. The van der Waals surface area contributed by atoms with Gasteiger partial charge in [-0.2, -0.15) is 4.31 Å². The zero-order valence-corrected chi connectivity index (χ0v) is 17.6. The summed E-state index contributed by atoms with van der Waals surface area (Å²) in [7, 11) is -3.61. The van der Waals surface area contributed by atoms with E-state index in [1.807, 2.05) is 0 Å². The van der Waals surface area contributed by atoms with Crippen LogP contribution in [0.5, 0.6) is 0 Å². The first-order chi connectivity index (χ1) is 12.8. The fraction of sp³-hybridized carbons (Fsp3) is 0.579. The molecule has 2 aliphatic rings. The molecule has 28 heavy (non-hydrogen) atoms. The number of carbonyl (C=O) groups excluding carboxylic acids is 2. The van der Waals surface area contributed by atoms with E-state index >= 15 is 0 Å². The highest BCUT2D eigenvalue weighted by molar-refractivity contribution is 7.89. The highest BCUT2D eigenvalue weighted by Gasteiger charge is 2.35.